The molecule has 0 fully saturated rings. The number of fused-ring (bicyclic) bond motifs is 6. The Balaban J connectivity index is 1.20. The normalized spacial score (nSPS) is 13.0. The zero-order chi connectivity index (χ0) is 49.9. The molecule has 0 saturated heterocycles. The fraction of sp³-hybridized carbons (Fsp3) is 0. The van der Waals surface area contributed by atoms with E-state index in [4.69, 9.17) is 119 Å². The van der Waals surface area contributed by atoms with Crippen LogP contribution in [0.25, 0.3) is 66.1 Å². The van der Waals surface area contributed by atoms with E-state index in [-0.39, 0.29) is 93.7 Å². The van der Waals surface area contributed by atoms with Gasteiger partial charge in [-0.1, -0.05) is 99.5 Å². The van der Waals surface area contributed by atoms with Crippen LogP contribution in [-0.4, -0.2) is 132 Å². The van der Waals surface area contributed by atoms with Crippen LogP contribution in [0.4, 0.5) is 0 Å². The van der Waals surface area contributed by atoms with E-state index in [1.54, 1.807) is 0 Å². The van der Waals surface area contributed by atoms with Crippen molar-refractivity contribution in [1.82, 2.24) is 4.57 Å². The van der Waals surface area contributed by atoms with Crippen LogP contribution in [-0.2, 0) is 0 Å². The minimum absolute atomic E-state index is 0.0349. The predicted octanol–water partition coefficient (Wildman–Crippen LogP) is -0.378. The van der Waals surface area contributed by atoms with Crippen LogP contribution < -0.4 is 49.2 Å². The fourth-order valence-corrected chi connectivity index (χ4v) is 8.79. The molecule has 2 aromatic heterocycles. The average molecular weight is 858 g/mol. The molecule has 0 saturated carbocycles. The summed E-state index contributed by atoms with van der Waals surface area (Å²) in [5.74, 6) is 1.26. The van der Waals surface area contributed by atoms with Crippen molar-refractivity contribution in [2.45, 2.75) is 0 Å². The van der Waals surface area contributed by atoms with Gasteiger partial charge in [0.25, 0.3) is 0 Å². The Hall–Kier alpha value is -6.72. The largest absolute Gasteiger partial charge is 0.456 e. The molecule has 7 aromatic carbocycles. The lowest BCUT2D eigenvalue weighted by Gasteiger charge is -2.27. The molecule has 2 heterocycles. The summed E-state index contributed by atoms with van der Waals surface area (Å²) in [4.78, 5) is 9.39. The van der Waals surface area contributed by atoms with E-state index >= 15 is 0 Å². The lowest BCUT2D eigenvalue weighted by atomic mass is 9.59. The Morgan fingerprint density at radius 3 is 1.83 bits per heavy atom. The number of hydrogen-bond donors (Lipinski definition) is 1. The highest BCUT2D eigenvalue weighted by Crippen LogP contribution is 2.37. The van der Waals surface area contributed by atoms with Crippen molar-refractivity contribution in [3.8, 4) is 16.8 Å². The third kappa shape index (κ3) is 8.15. The van der Waals surface area contributed by atoms with E-state index in [1.807, 2.05) is 66.7 Å². The molecule has 5 nitrogen and oxygen atoms in total. The van der Waals surface area contributed by atoms with Gasteiger partial charge >= 0.3 is 0 Å². The monoisotopic (exact) mass is 860 g/mol. The number of nitrogens with one attached hydrogen (secondary N) is 1. The molecule has 28 radical (unpaired) electrons. The van der Waals surface area contributed by atoms with Crippen molar-refractivity contribution in [3.63, 3.8) is 0 Å². The van der Waals surface area contributed by atoms with Crippen LogP contribution in [0.15, 0.2) is 152 Å². The SMILES string of the molecule is [B]/C=C([B])/C([B])=C(\C([B])=C\[B])c1c([B])c([B])c([B])c(C(=N)N=C(N=Cc2cccc3oc4cc(-n5c6ccccc6c6cc(-c7ccccc7)ccc65)ccc4c23)c2c([B])c([B])c([B])c([B])c2[B])c1[B]. The summed E-state index contributed by atoms with van der Waals surface area (Å²) in [6.45, 7) is 0. The summed E-state index contributed by atoms with van der Waals surface area (Å²) in [6.07, 6.45) is 1.52. The van der Waals surface area contributed by atoms with E-state index in [0.717, 1.165) is 61.3 Å². The molecule has 294 valence electrons. The molecule has 0 aliphatic carbocycles. The Kier molecular flexibility index (Phi) is 13.3. The molecule has 1 N–H and O–H groups in total. The average Bonchev–Trinajstić information content (AvgIpc) is 3.92. The van der Waals surface area contributed by atoms with Gasteiger partial charge < -0.3 is 8.98 Å². The van der Waals surface area contributed by atoms with E-state index in [0.29, 0.717) is 16.7 Å². The summed E-state index contributed by atoms with van der Waals surface area (Å²) < 4.78 is 8.77. The highest BCUT2D eigenvalue weighted by atomic mass is 16.3. The van der Waals surface area contributed by atoms with Crippen molar-refractivity contribution in [2.75, 3.05) is 0 Å². The number of furan rings is 1. The highest BCUT2D eigenvalue weighted by Gasteiger charge is 2.23. The van der Waals surface area contributed by atoms with Gasteiger partial charge in [-0.3, -0.25) is 5.41 Å². The van der Waals surface area contributed by atoms with E-state index in [9.17, 15) is 5.41 Å². The van der Waals surface area contributed by atoms with Gasteiger partial charge in [-0.25, -0.2) is 9.98 Å². The lowest BCUT2D eigenvalue weighted by Crippen LogP contribution is -2.57. The predicted molar refractivity (Wildman–Crippen MR) is 308 cm³/mol. The molecule has 0 atom stereocenters. The number of amidine groups is 2. The van der Waals surface area contributed by atoms with Gasteiger partial charge in [0.2, 0.25) is 0 Å². The molecule has 0 aliphatic rings. The zero-order valence-electron chi connectivity index (χ0n) is 37.5. The zero-order valence-corrected chi connectivity index (χ0v) is 37.5. The number of aromatic nitrogens is 1. The van der Waals surface area contributed by atoms with Gasteiger partial charge in [0.1, 0.15) is 121 Å². The number of nitrogens with zero attached hydrogens (tertiary/aromatic N) is 3. The minimum atomic E-state index is -0.584. The smallest absolute Gasteiger partial charge is 0.160 e. The molecular weight excluding hydrogens is 836 g/mol. The van der Waals surface area contributed by atoms with Crippen LogP contribution in [0.3, 0.4) is 0 Å². The molecule has 0 bridgehead atoms. The number of aliphatic imine (C=N–C) groups is 2. The van der Waals surface area contributed by atoms with Crippen LogP contribution >= 0.6 is 0 Å². The molecule has 9 aromatic rings. The number of allylic oxidation sites excluding steroid dienone is 4. The number of para-hydroxylation sites is 1. The molecule has 9 rings (SSSR count). The number of rotatable bonds is 8. The summed E-state index contributed by atoms with van der Waals surface area (Å²) in [5.41, 5.74) is 5.11. The fourth-order valence-electron chi connectivity index (χ4n) is 8.79. The Morgan fingerprint density at radius 2 is 1.13 bits per heavy atom. The molecule has 19 heteroatoms. The first kappa shape index (κ1) is 48.3. The van der Waals surface area contributed by atoms with Crippen LogP contribution in [0.1, 0.15) is 22.3 Å². The first-order valence-corrected chi connectivity index (χ1v) is 21.5. The molecule has 70 heavy (non-hydrogen) atoms. The van der Waals surface area contributed by atoms with Crippen LogP contribution in [0, 0.1) is 5.41 Å². The second kappa shape index (κ2) is 19.2. The maximum absolute atomic E-state index is 9.42. The molecule has 0 aliphatic heterocycles. The summed E-state index contributed by atoms with van der Waals surface area (Å²) in [7, 11) is 88.6. The van der Waals surface area contributed by atoms with Crippen molar-refractivity contribution in [2.24, 2.45) is 9.98 Å². The van der Waals surface area contributed by atoms with E-state index < -0.39 is 5.84 Å². The van der Waals surface area contributed by atoms with E-state index in [1.165, 1.54) is 6.21 Å². The third-order valence-electron chi connectivity index (χ3n) is 12.4. The maximum Gasteiger partial charge on any atom is 0.160 e. The Morgan fingerprint density at radius 1 is 0.514 bits per heavy atom. The van der Waals surface area contributed by atoms with Crippen LogP contribution in [0.5, 0.6) is 0 Å². The van der Waals surface area contributed by atoms with Gasteiger partial charge in [0.05, 0.1) is 11.0 Å². The van der Waals surface area contributed by atoms with Gasteiger partial charge in [-0.05, 0) is 58.7 Å². The Bertz CT molecular complexity index is 3820. The third-order valence-corrected chi connectivity index (χ3v) is 12.4. The van der Waals surface area contributed by atoms with Gasteiger partial charge in [0.15, 0.2) is 11.7 Å². The Labute approximate surface area is 424 Å². The maximum atomic E-state index is 9.42. The number of hydrogen-bond acceptors (Lipinski definition) is 2. The first-order chi connectivity index (χ1) is 33.6. The van der Waals surface area contributed by atoms with Crippen molar-refractivity contribution >= 4 is 226 Å². The first-order valence-electron chi connectivity index (χ1n) is 21.5. The molecule has 0 amide bonds. The quantitative estimate of drug-likeness (QED) is 0.0965. The van der Waals surface area contributed by atoms with Crippen molar-refractivity contribution in [3.05, 3.63) is 160 Å². The topological polar surface area (TPSA) is 66.6 Å². The second-order valence-corrected chi connectivity index (χ2v) is 16.4. The second-order valence-electron chi connectivity index (χ2n) is 16.4. The summed E-state index contributed by atoms with van der Waals surface area (Å²) in [5, 5.41) is 13.2. The molecular formula is C51H22B14N4O. The van der Waals surface area contributed by atoms with Gasteiger partial charge in [-0.15, -0.1) is 44.7 Å². The molecule has 0 unspecified atom stereocenters. The lowest BCUT2D eigenvalue weighted by molar-refractivity contribution is 0.668. The number of benzene rings is 7. The van der Waals surface area contributed by atoms with E-state index in [2.05, 4.69) is 52.0 Å². The summed E-state index contributed by atoms with van der Waals surface area (Å²) in [6, 6.07) is 36.7. The molecule has 0 spiro atoms. The van der Waals surface area contributed by atoms with Gasteiger partial charge in [0, 0.05) is 56.2 Å². The van der Waals surface area contributed by atoms with Crippen molar-refractivity contribution < 1.29 is 4.42 Å². The van der Waals surface area contributed by atoms with Crippen molar-refractivity contribution in [1.29, 1.82) is 5.41 Å². The standard InChI is InChI=1S/C51H22B14N4O/c52-19-29(54)36(40(56)30(55)20-53)37-41(57)38(43(59)46(62)42(37)58)50(66)68-51(39-44(60)47(63)49(65)48(64)45(39)61)67-21-24-9-6-12-33-35(24)27-15-14-25(18-34(27)70-33)69-31-11-5-4-10-26(31)28-17-23(13-16-32(28)69)22-7-2-1-3-8-22/h1-21,66H/b29-19-,30-20-,40-36-,66-50?,67-21?,68-51?. The minimum Gasteiger partial charge on any atom is -0.456 e. The summed E-state index contributed by atoms with van der Waals surface area (Å²) >= 11 is 0. The highest BCUT2D eigenvalue weighted by molar-refractivity contribution is 6.69. The van der Waals surface area contributed by atoms with Gasteiger partial charge in [-0.2, -0.15) is 0 Å². The van der Waals surface area contributed by atoms with Crippen LogP contribution in [0.2, 0.25) is 0 Å².